The standard InChI is InChI=1S/C15H20N2O2/c1-15(6-7-19-10-15)17-14(18)12-8-11-4-2-3-5-13(11)16-9-12/h2-5,12,16H,6-10H2,1H3,(H,17,18). The Morgan fingerprint density at radius 1 is 1.47 bits per heavy atom. The van der Waals surface area contributed by atoms with E-state index in [0.29, 0.717) is 13.2 Å². The lowest BCUT2D eigenvalue weighted by Gasteiger charge is -2.30. The number of amides is 1. The van der Waals surface area contributed by atoms with Crippen LogP contribution in [0.2, 0.25) is 0 Å². The van der Waals surface area contributed by atoms with Gasteiger partial charge in [0, 0.05) is 18.8 Å². The highest BCUT2D eigenvalue weighted by molar-refractivity contribution is 5.81. The van der Waals surface area contributed by atoms with E-state index < -0.39 is 0 Å². The summed E-state index contributed by atoms with van der Waals surface area (Å²) < 4.78 is 5.37. The van der Waals surface area contributed by atoms with Crippen molar-refractivity contribution in [3.05, 3.63) is 29.8 Å². The van der Waals surface area contributed by atoms with E-state index in [-0.39, 0.29) is 17.4 Å². The molecule has 2 aliphatic rings. The molecule has 4 nitrogen and oxygen atoms in total. The van der Waals surface area contributed by atoms with Crippen molar-refractivity contribution in [1.29, 1.82) is 0 Å². The first-order valence-electron chi connectivity index (χ1n) is 6.88. The molecule has 2 aliphatic heterocycles. The molecule has 2 unspecified atom stereocenters. The summed E-state index contributed by atoms with van der Waals surface area (Å²) in [6.45, 7) is 4.12. The second-order valence-corrected chi connectivity index (χ2v) is 5.79. The van der Waals surface area contributed by atoms with Crippen molar-refractivity contribution in [3.8, 4) is 0 Å². The van der Waals surface area contributed by atoms with Gasteiger partial charge in [0.05, 0.1) is 18.1 Å². The largest absolute Gasteiger partial charge is 0.384 e. The molecule has 3 rings (SSSR count). The average Bonchev–Trinajstić information content (AvgIpc) is 2.84. The summed E-state index contributed by atoms with van der Waals surface area (Å²) >= 11 is 0. The fourth-order valence-corrected chi connectivity index (χ4v) is 2.79. The molecule has 4 heteroatoms. The summed E-state index contributed by atoms with van der Waals surface area (Å²) in [4.78, 5) is 12.4. The number of anilines is 1. The highest BCUT2D eigenvalue weighted by Gasteiger charge is 2.34. The van der Waals surface area contributed by atoms with Crippen LogP contribution in [0.3, 0.4) is 0 Å². The van der Waals surface area contributed by atoms with E-state index in [1.165, 1.54) is 5.56 Å². The second-order valence-electron chi connectivity index (χ2n) is 5.79. The zero-order chi connectivity index (χ0) is 13.3. The molecule has 0 saturated carbocycles. The molecule has 1 aromatic carbocycles. The van der Waals surface area contributed by atoms with Crippen LogP contribution in [-0.4, -0.2) is 31.2 Å². The normalized spacial score (nSPS) is 29.4. The van der Waals surface area contributed by atoms with Crippen LogP contribution in [0.4, 0.5) is 5.69 Å². The molecule has 0 aromatic heterocycles. The molecule has 0 spiro atoms. The molecule has 2 heterocycles. The number of ether oxygens (including phenoxy) is 1. The summed E-state index contributed by atoms with van der Waals surface area (Å²) in [6.07, 6.45) is 1.71. The number of hydrogen-bond donors (Lipinski definition) is 2. The van der Waals surface area contributed by atoms with Crippen molar-refractivity contribution in [2.75, 3.05) is 25.1 Å². The first-order chi connectivity index (χ1) is 9.16. The van der Waals surface area contributed by atoms with Crippen LogP contribution in [-0.2, 0) is 16.0 Å². The van der Waals surface area contributed by atoms with Crippen molar-refractivity contribution >= 4 is 11.6 Å². The van der Waals surface area contributed by atoms with Gasteiger partial charge in [-0.2, -0.15) is 0 Å². The molecule has 2 N–H and O–H groups in total. The minimum atomic E-state index is -0.186. The van der Waals surface area contributed by atoms with E-state index in [0.717, 1.165) is 25.1 Å². The van der Waals surface area contributed by atoms with Crippen LogP contribution in [0.15, 0.2) is 24.3 Å². The molecule has 19 heavy (non-hydrogen) atoms. The third kappa shape index (κ3) is 2.59. The van der Waals surface area contributed by atoms with Gasteiger partial charge >= 0.3 is 0 Å². The Morgan fingerprint density at radius 3 is 3.11 bits per heavy atom. The Hall–Kier alpha value is -1.55. The summed E-state index contributed by atoms with van der Waals surface area (Å²) in [7, 11) is 0. The molecule has 0 bridgehead atoms. The maximum Gasteiger partial charge on any atom is 0.225 e. The molecular formula is C15H20N2O2. The van der Waals surface area contributed by atoms with E-state index in [1.54, 1.807) is 0 Å². The predicted molar refractivity (Wildman–Crippen MR) is 74.1 cm³/mol. The first kappa shape index (κ1) is 12.5. The van der Waals surface area contributed by atoms with Crippen molar-refractivity contribution < 1.29 is 9.53 Å². The number of para-hydroxylation sites is 1. The van der Waals surface area contributed by atoms with Gasteiger partial charge in [0.15, 0.2) is 0 Å². The average molecular weight is 260 g/mol. The van der Waals surface area contributed by atoms with Gasteiger partial charge in [0.1, 0.15) is 0 Å². The smallest absolute Gasteiger partial charge is 0.225 e. The Labute approximate surface area is 113 Å². The lowest BCUT2D eigenvalue weighted by atomic mass is 9.92. The molecule has 0 radical (unpaired) electrons. The van der Waals surface area contributed by atoms with Crippen LogP contribution >= 0.6 is 0 Å². The Kier molecular flexibility index (Phi) is 3.19. The molecule has 2 atom stereocenters. The van der Waals surface area contributed by atoms with Gasteiger partial charge < -0.3 is 15.4 Å². The van der Waals surface area contributed by atoms with Crippen molar-refractivity contribution in [2.24, 2.45) is 5.92 Å². The lowest BCUT2D eigenvalue weighted by Crippen LogP contribution is -2.50. The van der Waals surface area contributed by atoms with Crippen molar-refractivity contribution in [1.82, 2.24) is 5.32 Å². The monoisotopic (exact) mass is 260 g/mol. The molecule has 1 amide bonds. The van der Waals surface area contributed by atoms with Gasteiger partial charge in [0.2, 0.25) is 5.91 Å². The third-order valence-electron chi connectivity index (χ3n) is 4.04. The molecular weight excluding hydrogens is 240 g/mol. The Morgan fingerprint density at radius 2 is 2.32 bits per heavy atom. The first-order valence-corrected chi connectivity index (χ1v) is 6.88. The fourth-order valence-electron chi connectivity index (χ4n) is 2.79. The van der Waals surface area contributed by atoms with Gasteiger partial charge in [-0.05, 0) is 31.4 Å². The number of hydrogen-bond acceptors (Lipinski definition) is 3. The van der Waals surface area contributed by atoms with E-state index in [9.17, 15) is 4.79 Å². The highest BCUT2D eigenvalue weighted by Crippen LogP contribution is 2.25. The van der Waals surface area contributed by atoms with E-state index >= 15 is 0 Å². The minimum Gasteiger partial charge on any atom is -0.384 e. The topological polar surface area (TPSA) is 50.4 Å². The summed E-state index contributed by atoms with van der Waals surface area (Å²) in [5.41, 5.74) is 2.19. The molecule has 1 aromatic rings. The van der Waals surface area contributed by atoms with Gasteiger partial charge in [0.25, 0.3) is 0 Å². The molecule has 1 saturated heterocycles. The molecule has 102 valence electrons. The van der Waals surface area contributed by atoms with Crippen LogP contribution in [0.1, 0.15) is 18.9 Å². The zero-order valence-corrected chi connectivity index (χ0v) is 11.2. The van der Waals surface area contributed by atoms with Crippen LogP contribution < -0.4 is 10.6 Å². The van der Waals surface area contributed by atoms with E-state index in [4.69, 9.17) is 4.74 Å². The van der Waals surface area contributed by atoms with Crippen LogP contribution in [0, 0.1) is 5.92 Å². The van der Waals surface area contributed by atoms with Gasteiger partial charge in [-0.3, -0.25) is 4.79 Å². The van der Waals surface area contributed by atoms with Gasteiger partial charge in [-0.1, -0.05) is 18.2 Å². The lowest BCUT2D eigenvalue weighted by molar-refractivity contribution is -0.126. The van der Waals surface area contributed by atoms with Crippen molar-refractivity contribution in [2.45, 2.75) is 25.3 Å². The number of benzene rings is 1. The fraction of sp³-hybridized carbons (Fsp3) is 0.533. The number of nitrogens with one attached hydrogen (secondary N) is 2. The maximum atomic E-state index is 12.4. The molecule has 1 fully saturated rings. The van der Waals surface area contributed by atoms with Gasteiger partial charge in [-0.15, -0.1) is 0 Å². The quantitative estimate of drug-likeness (QED) is 0.848. The van der Waals surface area contributed by atoms with E-state index in [1.807, 2.05) is 12.1 Å². The number of carbonyl (C=O) groups excluding carboxylic acids is 1. The molecule has 0 aliphatic carbocycles. The van der Waals surface area contributed by atoms with Crippen LogP contribution in [0.25, 0.3) is 0 Å². The Balaban J connectivity index is 1.66. The zero-order valence-electron chi connectivity index (χ0n) is 11.2. The maximum absolute atomic E-state index is 12.4. The second kappa shape index (κ2) is 4.85. The number of carbonyl (C=O) groups is 1. The number of fused-ring (bicyclic) bond motifs is 1. The summed E-state index contributed by atoms with van der Waals surface area (Å²) in [5, 5.41) is 6.49. The highest BCUT2D eigenvalue weighted by atomic mass is 16.5. The summed E-state index contributed by atoms with van der Waals surface area (Å²) in [5.74, 6) is 0.141. The predicted octanol–water partition coefficient (Wildman–Crippen LogP) is 1.57. The van der Waals surface area contributed by atoms with Crippen LogP contribution in [0.5, 0.6) is 0 Å². The van der Waals surface area contributed by atoms with E-state index in [2.05, 4.69) is 29.7 Å². The third-order valence-corrected chi connectivity index (χ3v) is 4.04. The SMILES string of the molecule is CC1(NC(=O)C2CNc3ccccc3C2)CCOC1. The Bertz CT molecular complexity index is 481. The van der Waals surface area contributed by atoms with Crippen molar-refractivity contribution in [3.63, 3.8) is 0 Å². The van der Waals surface area contributed by atoms with Gasteiger partial charge in [-0.25, -0.2) is 0 Å². The summed E-state index contributed by atoms with van der Waals surface area (Å²) in [6, 6.07) is 8.19. The number of rotatable bonds is 2. The minimum absolute atomic E-state index is 0.00678.